The van der Waals surface area contributed by atoms with Gasteiger partial charge in [-0.05, 0) is 57.4 Å². The lowest BCUT2D eigenvalue weighted by molar-refractivity contribution is 0.0185. The Bertz CT molecular complexity index is 1610. The molecule has 38 heavy (non-hydrogen) atoms. The van der Waals surface area contributed by atoms with Crippen LogP contribution in [0.2, 0.25) is 0 Å². The highest BCUT2D eigenvalue weighted by molar-refractivity contribution is 5.79. The van der Waals surface area contributed by atoms with E-state index in [-0.39, 0.29) is 12.1 Å². The van der Waals surface area contributed by atoms with Gasteiger partial charge in [0.25, 0.3) is 5.78 Å². The second-order valence-corrected chi connectivity index (χ2v) is 10.6. The van der Waals surface area contributed by atoms with Crippen LogP contribution in [-0.2, 0) is 11.2 Å². The average Bonchev–Trinajstić information content (AvgIpc) is 3.55. The van der Waals surface area contributed by atoms with E-state index in [1.165, 1.54) is 0 Å². The van der Waals surface area contributed by atoms with Gasteiger partial charge in [-0.15, -0.1) is 10.2 Å². The van der Waals surface area contributed by atoms with Crippen molar-refractivity contribution < 1.29 is 9.53 Å². The Kier molecular flexibility index (Phi) is 5.97. The van der Waals surface area contributed by atoms with Crippen molar-refractivity contribution in [3.8, 4) is 11.3 Å². The van der Waals surface area contributed by atoms with E-state index in [2.05, 4.69) is 31.3 Å². The second-order valence-electron chi connectivity index (χ2n) is 10.6. The summed E-state index contributed by atoms with van der Waals surface area (Å²) in [7, 11) is 0. The van der Waals surface area contributed by atoms with Crippen LogP contribution < -0.4 is 0 Å². The van der Waals surface area contributed by atoms with E-state index in [0.717, 1.165) is 34.9 Å². The van der Waals surface area contributed by atoms with Gasteiger partial charge in [-0.3, -0.25) is 9.67 Å². The number of rotatable bonds is 4. The largest absolute Gasteiger partial charge is 0.444 e. The number of carbonyl (C=O) groups is 1. The first-order chi connectivity index (χ1) is 18.3. The number of benzene rings is 1. The fourth-order valence-electron chi connectivity index (χ4n) is 4.71. The number of amides is 1. The zero-order valence-corrected chi connectivity index (χ0v) is 21.7. The molecule has 5 heterocycles. The number of likely N-dealkylation sites (tertiary alicyclic amines) is 1. The first-order valence-electron chi connectivity index (χ1n) is 12.8. The number of nitrogens with zero attached hydrogens (tertiary/aromatic N) is 9. The molecule has 0 radical (unpaired) electrons. The molecule has 0 N–H and O–H groups in total. The average molecular weight is 512 g/mol. The second kappa shape index (κ2) is 9.47. The number of pyridine rings is 1. The van der Waals surface area contributed by atoms with Gasteiger partial charge in [0.2, 0.25) is 0 Å². The summed E-state index contributed by atoms with van der Waals surface area (Å²) in [6, 6.07) is 10.3. The van der Waals surface area contributed by atoms with Crippen molar-refractivity contribution in [1.29, 1.82) is 0 Å². The maximum Gasteiger partial charge on any atom is 0.410 e. The van der Waals surface area contributed by atoms with Crippen molar-refractivity contribution >= 4 is 22.8 Å². The zero-order chi connectivity index (χ0) is 26.3. The van der Waals surface area contributed by atoms with Gasteiger partial charge in [0.15, 0.2) is 5.82 Å². The normalized spacial score (nSPS) is 14.9. The van der Waals surface area contributed by atoms with Crippen molar-refractivity contribution in [1.82, 2.24) is 44.5 Å². The van der Waals surface area contributed by atoms with Gasteiger partial charge < -0.3 is 9.64 Å². The lowest BCUT2D eigenvalue weighted by Gasteiger charge is -2.33. The topological polar surface area (TPSA) is 116 Å². The predicted molar refractivity (Wildman–Crippen MR) is 140 cm³/mol. The zero-order valence-electron chi connectivity index (χ0n) is 21.7. The Balaban J connectivity index is 1.17. The molecule has 1 amide bonds. The molecule has 1 aliphatic heterocycles. The van der Waals surface area contributed by atoms with Crippen molar-refractivity contribution in [2.75, 3.05) is 13.1 Å². The van der Waals surface area contributed by atoms with Crippen LogP contribution in [0.15, 0.2) is 55.1 Å². The summed E-state index contributed by atoms with van der Waals surface area (Å²) in [5.41, 5.74) is 3.11. The molecule has 0 aliphatic carbocycles. The van der Waals surface area contributed by atoms with Crippen LogP contribution in [0.5, 0.6) is 0 Å². The van der Waals surface area contributed by atoms with Gasteiger partial charge in [0, 0.05) is 42.9 Å². The number of aromatic nitrogens is 8. The Morgan fingerprint density at radius 1 is 1.08 bits per heavy atom. The van der Waals surface area contributed by atoms with Crippen LogP contribution in [0.1, 0.15) is 51.0 Å². The molecule has 1 saturated heterocycles. The molecule has 194 valence electrons. The number of fused-ring (bicyclic) bond motifs is 2. The molecule has 11 heteroatoms. The fourth-order valence-corrected chi connectivity index (χ4v) is 4.71. The number of hydrogen-bond acceptors (Lipinski definition) is 8. The van der Waals surface area contributed by atoms with Gasteiger partial charge in [-0.2, -0.15) is 14.7 Å². The van der Waals surface area contributed by atoms with Crippen molar-refractivity contribution in [2.45, 2.75) is 51.7 Å². The third-order valence-corrected chi connectivity index (χ3v) is 6.62. The first-order valence-corrected chi connectivity index (χ1v) is 12.8. The lowest BCUT2D eigenvalue weighted by Crippen LogP contribution is -2.42. The summed E-state index contributed by atoms with van der Waals surface area (Å²) < 4.78 is 9.16. The van der Waals surface area contributed by atoms with E-state index >= 15 is 0 Å². The van der Waals surface area contributed by atoms with Crippen LogP contribution in [-0.4, -0.2) is 69.2 Å². The molecule has 1 aromatic carbocycles. The molecule has 0 spiro atoms. The number of piperidine rings is 1. The molecule has 0 bridgehead atoms. The minimum absolute atomic E-state index is 0.201. The van der Waals surface area contributed by atoms with E-state index in [0.29, 0.717) is 36.8 Å². The standard InChI is InChI=1S/C27H29N9O2/c1-27(2,3)38-26(37)34-11-8-21(9-12-34)35-17-20(15-30-35)23-16-29-25-32-31-24(36(25)33-23)14-18-6-7-22-19(13-18)5-4-10-28-22/h4-7,10,13,15-17,21H,8-9,11-12,14H2,1-3H3. The number of carbonyl (C=O) groups excluding carboxylic acids is 1. The Morgan fingerprint density at radius 3 is 2.74 bits per heavy atom. The minimum Gasteiger partial charge on any atom is -0.444 e. The molecule has 5 aromatic rings. The van der Waals surface area contributed by atoms with E-state index in [4.69, 9.17) is 9.84 Å². The molecular formula is C27H29N9O2. The maximum atomic E-state index is 12.4. The van der Waals surface area contributed by atoms with Crippen LogP contribution in [0.25, 0.3) is 27.9 Å². The Morgan fingerprint density at radius 2 is 1.92 bits per heavy atom. The molecule has 1 fully saturated rings. The SMILES string of the molecule is CC(C)(C)OC(=O)N1CCC(n2cc(-c3cnc4nnc(Cc5ccc6ncccc6c5)n4n3)cn2)CC1. The number of hydrogen-bond donors (Lipinski definition) is 0. The molecule has 0 unspecified atom stereocenters. The van der Waals surface area contributed by atoms with Crippen LogP contribution in [0.4, 0.5) is 4.79 Å². The highest BCUT2D eigenvalue weighted by atomic mass is 16.6. The Labute approximate surface area is 219 Å². The van der Waals surface area contributed by atoms with Crippen LogP contribution in [0, 0.1) is 0 Å². The smallest absolute Gasteiger partial charge is 0.410 e. The monoisotopic (exact) mass is 511 g/mol. The highest BCUT2D eigenvalue weighted by Gasteiger charge is 2.28. The maximum absolute atomic E-state index is 12.4. The highest BCUT2D eigenvalue weighted by Crippen LogP contribution is 2.26. The van der Waals surface area contributed by atoms with E-state index < -0.39 is 5.60 Å². The van der Waals surface area contributed by atoms with E-state index in [1.807, 2.05) is 55.9 Å². The predicted octanol–water partition coefficient (Wildman–Crippen LogP) is 4.09. The molecule has 0 saturated carbocycles. The molecule has 4 aromatic heterocycles. The van der Waals surface area contributed by atoms with Gasteiger partial charge in [0.05, 0.1) is 24.0 Å². The van der Waals surface area contributed by atoms with E-state index in [9.17, 15) is 4.79 Å². The van der Waals surface area contributed by atoms with Crippen molar-refractivity contribution in [3.05, 3.63) is 66.5 Å². The molecule has 11 nitrogen and oxygen atoms in total. The number of ether oxygens (including phenoxy) is 1. The van der Waals surface area contributed by atoms with E-state index in [1.54, 1.807) is 28.0 Å². The van der Waals surface area contributed by atoms with Gasteiger partial charge in [-0.1, -0.05) is 12.1 Å². The minimum atomic E-state index is -0.496. The molecule has 1 aliphatic rings. The van der Waals surface area contributed by atoms with Gasteiger partial charge in [-0.25, -0.2) is 9.78 Å². The summed E-state index contributed by atoms with van der Waals surface area (Å²) in [4.78, 5) is 23.0. The Hall–Kier alpha value is -4.41. The van der Waals surface area contributed by atoms with Crippen LogP contribution >= 0.6 is 0 Å². The third-order valence-electron chi connectivity index (χ3n) is 6.62. The van der Waals surface area contributed by atoms with Crippen molar-refractivity contribution in [2.24, 2.45) is 0 Å². The summed E-state index contributed by atoms with van der Waals surface area (Å²) in [5, 5.41) is 19.0. The van der Waals surface area contributed by atoms with Crippen molar-refractivity contribution in [3.63, 3.8) is 0 Å². The quantitative estimate of drug-likeness (QED) is 0.354. The third kappa shape index (κ3) is 4.91. The summed E-state index contributed by atoms with van der Waals surface area (Å²) in [5.74, 6) is 1.16. The summed E-state index contributed by atoms with van der Waals surface area (Å²) >= 11 is 0. The summed E-state index contributed by atoms with van der Waals surface area (Å²) in [6.07, 6.45) is 9.21. The van der Waals surface area contributed by atoms with Gasteiger partial charge in [0.1, 0.15) is 11.3 Å². The molecular weight excluding hydrogens is 482 g/mol. The van der Waals surface area contributed by atoms with Crippen LogP contribution in [0.3, 0.4) is 0 Å². The first kappa shape index (κ1) is 24.0. The molecule has 0 atom stereocenters. The summed E-state index contributed by atoms with van der Waals surface area (Å²) in [6.45, 7) is 6.91. The lowest BCUT2D eigenvalue weighted by atomic mass is 10.1. The fraction of sp³-hybridized carbons (Fsp3) is 0.370. The molecule has 6 rings (SSSR count). The van der Waals surface area contributed by atoms with Gasteiger partial charge >= 0.3 is 6.09 Å².